The van der Waals surface area contributed by atoms with Gasteiger partial charge in [0.2, 0.25) is 0 Å². The van der Waals surface area contributed by atoms with Crippen molar-refractivity contribution in [2.24, 2.45) is 11.3 Å². The van der Waals surface area contributed by atoms with Gasteiger partial charge in [-0.15, -0.1) is 0 Å². The van der Waals surface area contributed by atoms with Crippen LogP contribution in [-0.2, 0) is 4.79 Å². The van der Waals surface area contributed by atoms with E-state index >= 15 is 0 Å². The fourth-order valence-electron chi connectivity index (χ4n) is 1.87. The van der Waals surface area contributed by atoms with Crippen molar-refractivity contribution in [3.05, 3.63) is 11.8 Å². The SMILES string of the molecule is CCCC(CCC(C)(C)F)C(=O)/C=C(\O)C(C)(C)C(F)(F)F. The predicted molar refractivity (Wildman–Crippen MR) is 78.4 cm³/mol. The molecule has 1 atom stereocenters. The Morgan fingerprint density at radius 2 is 1.59 bits per heavy atom. The number of aliphatic hydroxyl groups excluding tert-OH is 1. The van der Waals surface area contributed by atoms with Crippen LogP contribution in [0.25, 0.3) is 0 Å². The van der Waals surface area contributed by atoms with Gasteiger partial charge in [0.15, 0.2) is 5.78 Å². The standard InChI is InChI=1S/C16H26F4O2/c1-6-7-11(8-9-14(2,3)17)12(21)10-13(22)15(4,5)16(18,19)20/h10-11,22H,6-9H2,1-5H3/b13-10-. The molecule has 6 heteroatoms. The number of alkyl halides is 4. The molecule has 0 aliphatic rings. The average Bonchev–Trinajstić information content (AvgIpc) is 2.31. The van der Waals surface area contributed by atoms with Crippen molar-refractivity contribution in [1.29, 1.82) is 0 Å². The maximum atomic E-state index is 13.5. The van der Waals surface area contributed by atoms with Crippen LogP contribution in [0.4, 0.5) is 17.6 Å². The molecule has 0 saturated carbocycles. The van der Waals surface area contributed by atoms with Gasteiger partial charge in [0, 0.05) is 12.0 Å². The van der Waals surface area contributed by atoms with Crippen molar-refractivity contribution in [2.45, 2.75) is 72.1 Å². The molecule has 0 fully saturated rings. The smallest absolute Gasteiger partial charge is 0.400 e. The Balaban J connectivity index is 5.13. The Morgan fingerprint density at radius 1 is 1.09 bits per heavy atom. The lowest BCUT2D eigenvalue weighted by molar-refractivity contribution is -0.206. The summed E-state index contributed by atoms with van der Waals surface area (Å²) < 4.78 is 52.0. The fraction of sp³-hybridized carbons (Fsp3) is 0.812. The molecule has 0 amide bonds. The number of carbonyl (C=O) groups is 1. The Morgan fingerprint density at radius 3 is 1.95 bits per heavy atom. The van der Waals surface area contributed by atoms with Crippen LogP contribution < -0.4 is 0 Å². The lowest BCUT2D eigenvalue weighted by Gasteiger charge is -2.27. The summed E-state index contributed by atoms with van der Waals surface area (Å²) in [7, 11) is 0. The molecule has 0 spiro atoms. The van der Waals surface area contributed by atoms with Gasteiger partial charge in [-0.2, -0.15) is 13.2 Å². The van der Waals surface area contributed by atoms with Crippen LogP contribution in [0, 0.1) is 11.3 Å². The van der Waals surface area contributed by atoms with Gasteiger partial charge in [-0.05, 0) is 47.0 Å². The minimum atomic E-state index is -4.66. The molecule has 0 aromatic rings. The molecule has 22 heavy (non-hydrogen) atoms. The summed E-state index contributed by atoms with van der Waals surface area (Å²) in [6.07, 6.45) is -2.52. The molecule has 0 aromatic carbocycles. The van der Waals surface area contributed by atoms with E-state index in [1.165, 1.54) is 13.8 Å². The lowest BCUT2D eigenvalue weighted by Crippen LogP contribution is -2.34. The predicted octanol–water partition coefficient (Wildman–Crippen LogP) is 5.53. The Labute approximate surface area is 129 Å². The fourth-order valence-corrected chi connectivity index (χ4v) is 1.87. The van der Waals surface area contributed by atoms with Gasteiger partial charge >= 0.3 is 6.18 Å². The van der Waals surface area contributed by atoms with E-state index in [0.29, 0.717) is 18.9 Å². The van der Waals surface area contributed by atoms with Crippen LogP contribution in [0.1, 0.15) is 60.3 Å². The third-order valence-corrected chi connectivity index (χ3v) is 3.75. The molecule has 0 heterocycles. The van der Waals surface area contributed by atoms with Crippen molar-refractivity contribution in [3.63, 3.8) is 0 Å². The molecule has 0 rings (SSSR count). The first-order valence-electron chi connectivity index (χ1n) is 7.43. The van der Waals surface area contributed by atoms with E-state index in [2.05, 4.69) is 0 Å². The summed E-state index contributed by atoms with van der Waals surface area (Å²) in [5.74, 6) is -2.17. The average molecular weight is 326 g/mol. The number of allylic oxidation sites excluding steroid dienone is 2. The van der Waals surface area contributed by atoms with Gasteiger partial charge in [0.25, 0.3) is 0 Å². The molecule has 0 aliphatic carbocycles. The van der Waals surface area contributed by atoms with Crippen molar-refractivity contribution in [2.75, 3.05) is 0 Å². The third kappa shape index (κ3) is 6.36. The molecule has 0 bridgehead atoms. The monoisotopic (exact) mass is 326 g/mol. The van der Waals surface area contributed by atoms with Crippen LogP contribution in [0.15, 0.2) is 11.8 Å². The number of hydrogen-bond donors (Lipinski definition) is 1. The van der Waals surface area contributed by atoms with Crippen LogP contribution in [-0.4, -0.2) is 22.7 Å². The van der Waals surface area contributed by atoms with E-state index in [1.54, 1.807) is 0 Å². The summed E-state index contributed by atoms with van der Waals surface area (Å²) in [5.41, 5.74) is -3.93. The summed E-state index contributed by atoms with van der Waals surface area (Å²) in [4.78, 5) is 12.1. The Bertz CT molecular complexity index is 403. The molecule has 0 aromatic heterocycles. The Hall–Kier alpha value is -1.07. The molecule has 2 nitrogen and oxygen atoms in total. The zero-order valence-corrected chi connectivity index (χ0v) is 13.9. The molecule has 130 valence electrons. The quantitative estimate of drug-likeness (QED) is 0.362. The number of aliphatic hydroxyl groups is 1. The second kappa shape index (κ2) is 7.47. The van der Waals surface area contributed by atoms with E-state index in [1.807, 2.05) is 6.92 Å². The van der Waals surface area contributed by atoms with Crippen molar-refractivity contribution < 1.29 is 27.5 Å². The number of carbonyl (C=O) groups excluding carboxylic acids is 1. The summed E-state index contributed by atoms with van der Waals surface area (Å²) >= 11 is 0. The van der Waals surface area contributed by atoms with Gasteiger partial charge in [-0.1, -0.05) is 13.3 Å². The van der Waals surface area contributed by atoms with Gasteiger partial charge in [-0.3, -0.25) is 4.79 Å². The van der Waals surface area contributed by atoms with Crippen LogP contribution in [0.3, 0.4) is 0 Å². The molecule has 1 N–H and O–H groups in total. The molecule has 0 radical (unpaired) electrons. The van der Waals surface area contributed by atoms with Gasteiger partial charge in [0.1, 0.15) is 16.8 Å². The Kier molecular flexibility index (Phi) is 7.10. The first-order valence-corrected chi connectivity index (χ1v) is 7.43. The minimum absolute atomic E-state index is 0.140. The highest BCUT2D eigenvalue weighted by Crippen LogP contribution is 2.42. The molecular formula is C16H26F4O2. The maximum Gasteiger partial charge on any atom is 0.400 e. The highest BCUT2D eigenvalue weighted by molar-refractivity contribution is 5.92. The van der Waals surface area contributed by atoms with Crippen molar-refractivity contribution in [1.82, 2.24) is 0 Å². The second-order valence-electron chi connectivity index (χ2n) is 6.80. The molecule has 0 saturated heterocycles. The van der Waals surface area contributed by atoms with Gasteiger partial charge in [0.05, 0.1) is 0 Å². The highest BCUT2D eigenvalue weighted by Gasteiger charge is 2.50. The van der Waals surface area contributed by atoms with E-state index in [4.69, 9.17) is 0 Å². The molecule has 0 aliphatic heterocycles. The maximum absolute atomic E-state index is 13.5. The van der Waals surface area contributed by atoms with Crippen LogP contribution in [0.5, 0.6) is 0 Å². The first kappa shape index (κ1) is 20.9. The zero-order chi connectivity index (χ0) is 17.8. The van der Waals surface area contributed by atoms with E-state index < -0.39 is 34.7 Å². The third-order valence-electron chi connectivity index (χ3n) is 3.75. The van der Waals surface area contributed by atoms with Gasteiger partial charge < -0.3 is 5.11 Å². The normalized spacial score (nSPS) is 15.8. The van der Waals surface area contributed by atoms with Gasteiger partial charge in [-0.25, -0.2) is 4.39 Å². The number of rotatable bonds is 8. The van der Waals surface area contributed by atoms with Crippen LogP contribution >= 0.6 is 0 Å². The number of hydrogen-bond acceptors (Lipinski definition) is 2. The topological polar surface area (TPSA) is 37.3 Å². The van der Waals surface area contributed by atoms with Crippen LogP contribution in [0.2, 0.25) is 0 Å². The summed E-state index contributed by atoms with van der Waals surface area (Å²) in [6, 6.07) is 0. The largest absolute Gasteiger partial charge is 0.511 e. The lowest BCUT2D eigenvalue weighted by atomic mass is 9.85. The van der Waals surface area contributed by atoms with E-state index in [9.17, 15) is 27.5 Å². The van der Waals surface area contributed by atoms with Crippen molar-refractivity contribution >= 4 is 5.78 Å². The number of halogens is 4. The summed E-state index contributed by atoms with van der Waals surface area (Å²) in [5, 5.41) is 9.67. The molecular weight excluding hydrogens is 300 g/mol. The van der Waals surface area contributed by atoms with Crippen molar-refractivity contribution in [3.8, 4) is 0 Å². The first-order chi connectivity index (χ1) is 9.72. The number of ketones is 1. The second-order valence-corrected chi connectivity index (χ2v) is 6.80. The molecule has 1 unspecified atom stereocenters. The highest BCUT2D eigenvalue weighted by atomic mass is 19.4. The summed E-state index contributed by atoms with van der Waals surface area (Å²) in [6.45, 7) is 6.24. The zero-order valence-electron chi connectivity index (χ0n) is 13.9. The van der Waals surface area contributed by atoms with E-state index in [-0.39, 0.29) is 12.8 Å². The van der Waals surface area contributed by atoms with E-state index in [0.717, 1.165) is 13.8 Å². The minimum Gasteiger partial charge on any atom is -0.511 e.